The molecule has 0 radical (unpaired) electrons. The number of aliphatic hydroxyl groups is 1. The molecule has 0 fully saturated rings. The van der Waals surface area contributed by atoms with E-state index < -0.39 is 0 Å². The molecule has 0 amide bonds. The van der Waals surface area contributed by atoms with Crippen LogP contribution in [0, 0.1) is 0 Å². The highest BCUT2D eigenvalue weighted by molar-refractivity contribution is 7.16. The first-order chi connectivity index (χ1) is 25.0. The number of rotatable bonds is 9. The average molecular weight is 679 g/mol. The molecule has 51 heavy (non-hydrogen) atoms. The van der Waals surface area contributed by atoms with Gasteiger partial charge in [0.05, 0.1) is 5.41 Å². The largest absolute Gasteiger partial charge is 0.390 e. The van der Waals surface area contributed by atoms with Gasteiger partial charge in [-0.15, -0.1) is 11.3 Å². The van der Waals surface area contributed by atoms with Crippen LogP contribution >= 0.6 is 11.3 Å². The summed E-state index contributed by atoms with van der Waals surface area (Å²) in [7, 11) is 0. The van der Waals surface area contributed by atoms with Gasteiger partial charge in [0.25, 0.3) is 0 Å². The van der Waals surface area contributed by atoms with Gasteiger partial charge in [0.1, 0.15) is 6.61 Å². The molecule has 2 heterocycles. The minimum atomic E-state index is -0.208. The van der Waals surface area contributed by atoms with Crippen LogP contribution in [0.25, 0.3) is 38.4 Å². The first-order valence-corrected chi connectivity index (χ1v) is 18.4. The molecule has 0 saturated carbocycles. The number of aliphatic hydroxyl groups excluding tert-OH is 1. The molecule has 1 aliphatic heterocycles. The van der Waals surface area contributed by atoms with Gasteiger partial charge in [-0.1, -0.05) is 140 Å². The van der Waals surface area contributed by atoms with E-state index in [1.165, 1.54) is 76.5 Å². The summed E-state index contributed by atoms with van der Waals surface area (Å²) in [6.45, 7) is 5.26. The molecule has 3 heteroatoms. The highest BCUT2D eigenvalue weighted by Gasteiger charge is 2.45. The number of benzene rings is 6. The molecule has 0 unspecified atom stereocenters. The summed E-state index contributed by atoms with van der Waals surface area (Å²) < 4.78 is 2.29. The fourth-order valence-electron chi connectivity index (χ4n) is 7.66. The zero-order chi connectivity index (χ0) is 34.8. The molecule has 1 aliphatic rings. The first kappa shape index (κ1) is 32.6. The maximum absolute atomic E-state index is 10.1. The zero-order valence-electron chi connectivity index (χ0n) is 29.0. The third kappa shape index (κ3) is 6.20. The van der Waals surface area contributed by atoms with Crippen LogP contribution in [0.15, 0.2) is 170 Å². The lowest BCUT2D eigenvalue weighted by Crippen LogP contribution is -2.28. The Morgan fingerprint density at radius 1 is 0.588 bits per heavy atom. The normalized spacial score (nSPS) is 13.5. The zero-order valence-corrected chi connectivity index (χ0v) is 29.8. The third-order valence-corrected chi connectivity index (χ3v) is 11.1. The summed E-state index contributed by atoms with van der Waals surface area (Å²) in [5, 5.41) is 12.6. The van der Waals surface area contributed by atoms with Crippen molar-refractivity contribution in [2.45, 2.75) is 19.3 Å². The highest BCUT2D eigenvalue weighted by atomic mass is 32.1. The lowest BCUT2D eigenvalue weighted by Gasteiger charge is -2.18. The minimum Gasteiger partial charge on any atom is -0.390 e. The fraction of sp³-hybridized carbons (Fsp3) is 0.104. The van der Waals surface area contributed by atoms with Crippen LogP contribution < -0.4 is 0 Å². The van der Waals surface area contributed by atoms with Gasteiger partial charge in [0, 0.05) is 27.5 Å². The molecule has 0 bridgehead atoms. The quantitative estimate of drug-likeness (QED) is 0.119. The molecule has 0 aliphatic carbocycles. The Labute approximate surface area is 304 Å². The predicted molar refractivity (Wildman–Crippen MR) is 217 cm³/mol. The van der Waals surface area contributed by atoms with Gasteiger partial charge >= 0.3 is 0 Å². The van der Waals surface area contributed by atoms with E-state index in [9.17, 15) is 5.11 Å². The van der Waals surface area contributed by atoms with Gasteiger partial charge in [-0.2, -0.15) is 4.58 Å². The van der Waals surface area contributed by atoms with Crippen LogP contribution in [-0.2, 0) is 5.41 Å². The lowest BCUT2D eigenvalue weighted by molar-refractivity contribution is -0.440. The van der Waals surface area contributed by atoms with Crippen LogP contribution in [0.4, 0.5) is 5.69 Å². The van der Waals surface area contributed by atoms with Crippen molar-refractivity contribution in [3.8, 4) is 10.4 Å². The Balaban J connectivity index is 1.14. The molecule has 248 valence electrons. The van der Waals surface area contributed by atoms with Gasteiger partial charge in [-0.25, -0.2) is 0 Å². The molecule has 6 aromatic carbocycles. The summed E-state index contributed by atoms with van der Waals surface area (Å²) in [6, 6.07) is 58.7. The van der Waals surface area contributed by atoms with Crippen molar-refractivity contribution in [1.82, 2.24) is 0 Å². The van der Waals surface area contributed by atoms with Gasteiger partial charge in [0.15, 0.2) is 12.3 Å². The molecule has 7 aromatic rings. The molecule has 2 nitrogen and oxygen atoms in total. The number of hydrogen-bond donors (Lipinski definition) is 1. The average Bonchev–Trinajstić information content (AvgIpc) is 3.74. The molecule has 8 rings (SSSR count). The fourth-order valence-corrected chi connectivity index (χ4v) is 8.58. The topological polar surface area (TPSA) is 23.2 Å². The summed E-state index contributed by atoms with van der Waals surface area (Å²) in [4.78, 5) is 2.43. The van der Waals surface area contributed by atoms with Crippen LogP contribution in [0.1, 0.15) is 46.5 Å². The number of β-amino-alcohol motifs (C(OH)–C–C–N with tert-alkyl or cyclic N) is 1. The van der Waals surface area contributed by atoms with E-state index in [1.54, 1.807) is 11.3 Å². The smallest absolute Gasteiger partial charge is 0.210 e. The summed E-state index contributed by atoms with van der Waals surface area (Å²) in [5.74, 6) is 0. The third-order valence-electron chi connectivity index (χ3n) is 10.0. The molecule has 0 saturated heterocycles. The van der Waals surface area contributed by atoms with Crippen molar-refractivity contribution in [2.24, 2.45) is 0 Å². The van der Waals surface area contributed by atoms with E-state index in [0.29, 0.717) is 6.54 Å². The monoisotopic (exact) mass is 678 g/mol. The van der Waals surface area contributed by atoms with E-state index in [4.69, 9.17) is 0 Å². The van der Waals surface area contributed by atoms with Crippen LogP contribution in [0.5, 0.6) is 0 Å². The predicted octanol–water partition coefficient (Wildman–Crippen LogP) is 11.7. The Hall–Kier alpha value is -5.61. The second kappa shape index (κ2) is 14.0. The summed E-state index contributed by atoms with van der Waals surface area (Å²) >= 11 is 1.80. The Kier molecular flexibility index (Phi) is 8.92. The van der Waals surface area contributed by atoms with E-state index in [-0.39, 0.29) is 12.0 Å². The first-order valence-electron chi connectivity index (χ1n) is 17.6. The van der Waals surface area contributed by atoms with Crippen molar-refractivity contribution < 1.29 is 9.68 Å². The SMILES string of the molecule is CC1(C)C(/C=C/c2ccc(-c3ccc(C(=C(c4ccccc4)c4ccccc4)c4ccccc4)cc3)s2)=[N+](CCO)c2ccc3ccccc3c21. The lowest BCUT2D eigenvalue weighted by atomic mass is 9.79. The molecule has 0 spiro atoms. The minimum absolute atomic E-state index is 0.0954. The second-order valence-corrected chi connectivity index (χ2v) is 14.6. The Bertz CT molecular complexity index is 2370. The summed E-state index contributed by atoms with van der Waals surface area (Å²) in [6.07, 6.45) is 4.50. The Morgan fingerprint density at radius 3 is 1.73 bits per heavy atom. The van der Waals surface area contributed by atoms with E-state index in [2.05, 4.69) is 194 Å². The van der Waals surface area contributed by atoms with Crippen LogP contribution in [-0.4, -0.2) is 28.5 Å². The molecular weight excluding hydrogens is 639 g/mol. The van der Waals surface area contributed by atoms with Crippen LogP contribution in [0.2, 0.25) is 0 Å². The maximum atomic E-state index is 10.1. The van der Waals surface area contributed by atoms with Crippen molar-refractivity contribution in [3.63, 3.8) is 0 Å². The highest BCUT2D eigenvalue weighted by Crippen LogP contribution is 2.44. The van der Waals surface area contributed by atoms with Crippen molar-refractivity contribution >= 4 is 50.7 Å². The summed E-state index contributed by atoms with van der Waals surface area (Å²) in [5.41, 5.74) is 11.9. The molecule has 1 aromatic heterocycles. The standard InChI is InChI=1S/C48H40NOS/c1-48(2)44(49(32-33-50)42-29-26-34-14-12-13-21-41(34)47(42)48)31-28-40-27-30-43(51-40)35-22-24-39(25-23-35)46(38-19-10-5-11-20-38)45(36-15-6-3-7-16-36)37-17-8-4-9-18-37/h3-31,50H,32-33H2,1-2H3/q+1/b31-28+. The van der Waals surface area contributed by atoms with Gasteiger partial charge in [-0.3, -0.25) is 0 Å². The second-order valence-electron chi connectivity index (χ2n) is 13.5. The number of allylic oxidation sites excluding steroid dienone is 1. The van der Waals surface area contributed by atoms with E-state index >= 15 is 0 Å². The molecule has 0 atom stereocenters. The van der Waals surface area contributed by atoms with Gasteiger partial charge < -0.3 is 5.11 Å². The van der Waals surface area contributed by atoms with E-state index in [0.717, 1.165) is 0 Å². The van der Waals surface area contributed by atoms with Gasteiger partial charge in [0.2, 0.25) is 5.69 Å². The molecular formula is C48H40NOS+. The van der Waals surface area contributed by atoms with Crippen molar-refractivity contribution in [1.29, 1.82) is 0 Å². The number of hydrogen-bond acceptors (Lipinski definition) is 2. The van der Waals surface area contributed by atoms with Crippen molar-refractivity contribution in [3.05, 3.63) is 203 Å². The van der Waals surface area contributed by atoms with Crippen molar-refractivity contribution in [2.75, 3.05) is 13.2 Å². The number of fused-ring (bicyclic) bond motifs is 3. The van der Waals surface area contributed by atoms with Crippen LogP contribution in [0.3, 0.4) is 0 Å². The van der Waals surface area contributed by atoms with Gasteiger partial charge in [-0.05, 0) is 87.9 Å². The Morgan fingerprint density at radius 2 is 1.14 bits per heavy atom. The number of thiophene rings is 1. The molecule has 1 N–H and O–H groups in total. The number of nitrogens with zero attached hydrogens (tertiary/aromatic N) is 1. The maximum Gasteiger partial charge on any atom is 0.210 e. The van der Waals surface area contributed by atoms with E-state index in [1.807, 2.05) is 0 Å².